The van der Waals surface area contributed by atoms with Crippen molar-refractivity contribution in [3.05, 3.63) is 64.4 Å². The fourth-order valence-electron chi connectivity index (χ4n) is 1.70. The lowest BCUT2D eigenvalue weighted by Gasteiger charge is -2.07. The zero-order chi connectivity index (χ0) is 15.2. The third-order valence-corrected chi connectivity index (χ3v) is 3.17. The van der Waals surface area contributed by atoms with Crippen LogP contribution in [0.1, 0.15) is 26.3 Å². The molecule has 6 heteroatoms. The normalized spacial score (nSPS) is 10.0. The molecule has 2 aromatic rings. The number of benzene rings is 1. The number of esters is 1. The van der Waals surface area contributed by atoms with Crippen molar-refractivity contribution in [2.24, 2.45) is 0 Å². The van der Waals surface area contributed by atoms with Crippen molar-refractivity contribution in [2.75, 3.05) is 7.11 Å². The standard InChI is InChI=1S/C15H13ClN2O3/c1-21-15(20)11-4-2-10(3-5-11)8-18-14(19)12-9-17-7-6-13(12)16/h2-7,9H,8H2,1H3,(H,18,19). The minimum absolute atomic E-state index is 0.301. The number of nitrogens with zero attached hydrogens (tertiary/aromatic N) is 1. The number of amides is 1. The lowest BCUT2D eigenvalue weighted by Crippen LogP contribution is -2.23. The first-order valence-electron chi connectivity index (χ1n) is 6.17. The third kappa shape index (κ3) is 3.79. The van der Waals surface area contributed by atoms with Gasteiger partial charge < -0.3 is 10.1 Å². The Labute approximate surface area is 126 Å². The Balaban J connectivity index is 1.99. The second kappa shape index (κ2) is 6.85. The van der Waals surface area contributed by atoms with E-state index in [1.807, 2.05) is 0 Å². The van der Waals surface area contributed by atoms with Crippen LogP contribution in [0.25, 0.3) is 0 Å². The molecule has 1 N–H and O–H groups in total. The number of ether oxygens (including phenoxy) is 1. The quantitative estimate of drug-likeness (QED) is 0.881. The van der Waals surface area contributed by atoms with Gasteiger partial charge in [-0.3, -0.25) is 9.78 Å². The fraction of sp³-hybridized carbons (Fsp3) is 0.133. The van der Waals surface area contributed by atoms with E-state index in [1.165, 1.54) is 19.5 Å². The van der Waals surface area contributed by atoms with Gasteiger partial charge in [-0.1, -0.05) is 23.7 Å². The molecule has 0 radical (unpaired) electrons. The summed E-state index contributed by atoms with van der Waals surface area (Å²) in [7, 11) is 1.33. The zero-order valence-electron chi connectivity index (χ0n) is 11.3. The van der Waals surface area contributed by atoms with Crippen molar-refractivity contribution in [2.45, 2.75) is 6.54 Å². The van der Waals surface area contributed by atoms with Gasteiger partial charge in [0.05, 0.1) is 23.3 Å². The zero-order valence-corrected chi connectivity index (χ0v) is 12.1. The van der Waals surface area contributed by atoms with Gasteiger partial charge in [-0.15, -0.1) is 0 Å². The van der Waals surface area contributed by atoms with Crippen LogP contribution in [0.2, 0.25) is 5.02 Å². The summed E-state index contributed by atoms with van der Waals surface area (Å²) in [5.41, 5.74) is 1.64. The molecule has 0 saturated heterocycles. The Morgan fingerprint density at radius 1 is 1.24 bits per heavy atom. The minimum atomic E-state index is -0.396. The number of methoxy groups -OCH3 is 1. The van der Waals surface area contributed by atoms with Gasteiger partial charge in [-0.25, -0.2) is 4.79 Å². The Hall–Kier alpha value is -2.40. The first-order valence-corrected chi connectivity index (χ1v) is 6.54. The van der Waals surface area contributed by atoms with Crippen LogP contribution in [-0.2, 0) is 11.3 Å². The van der Waals surface area contributed by atoms with Gasteiger partial charge in [0.25, 0.3) is 5.91 Å². The van der Waals surface area contributed by atoms with Gasteiger partial charge in [0.15, 0.2) is 0 Å². The average Bonchev–Trinajstić information content (AvgIpc) is 2.52. The molecule has 0 aliphatic carbocycles. The number of pyridine rings is 1. The predicted octanol–water partition coefficient (Wildman–Crippen LogP) is 2.45. The second-order valence-electron chi connectivity index (χ2n) is 4.23. The predicted molar refractivity (Wildman–Crippen MR) is 78.2 cm³/mol. The molecule has 1 aromatic carbocycles. The van der Waals surface area contributed by atoms with Crippen molar-refractivity contribution in [1.29, 1.82) is 0 Å². The second-order valence-corrected chi connectivity index (χ2v) is 4.63. The highest BCUT2D eigenvalue weighted by Gasteiger charge is 2.10. The summed E-state index contributed by atoms with van der Waals surface area (Å²) in [6.07, 6.45) is 2.93. The van der Waals surface area contributed by atoms with Crippen molar-refractivity contribution < 1.29 is 14.3 Å². The van der Waals surface area contributed by atoms with Crippen molar-refractivity contribution in [1.82, 2.24) is 10.3 Å². The van der Waals surface area contributed by atoms with Crippen LogP contribution >= 0.6 is 11.6 Å². The SMILES string of the molecule is COC(=O)c1ccc(CNC(=O)c2cnccc2Cl)cc1. The van der Waals surface area contributed by atoms with E-state index < -0.39 is 5.97 Å². The molecule has 1 amide bonds. The monoisotopic (exact) mass is 304 g/mol. The van der Waals surface area contributed by atoms with Crippen LogP contribution in [0.4, 0.5) is 0 Å². The number of carbonyl (C=O) groups is 2. The molecule has 2 rings (SSSR count). The number of nitrogens with one attached hydrogen (secondary N) is 1. The van der Waals surface area contributed by atoms with Crippen LogP contribution < -0.4 is 5.32 Å². The van der Waals surface area contributed by atoms with Crippen LogP contribution in [0.3, 0.4) is 0 Å². The van der Waals surface area contributed by atoms with Gasteiger partial charge >= 0.3 is 5.97 Å². The maximum atomic E-state index is 12.0. The molecule has 21 heavy (non-hydrogen) atoms. The van der Waals surface area contributed by atoms with Gasteiger partial charge in [0.2, 0.25) is 0 Å². The van der Waals surface area contributed by atoms with Gasteiger partial charge in [0, 0.05) is 18.9 Å². The molecule has 0 aliphatic rings. The maximum Gasteiger partial charge on any atom is 0.337 e. The highest BCUT2D eigenvalue weighted by Crippen LogP contribution is 2.13. The average molecular weight is 305 g/mol. The Kier molecular flexibility index (Phi) is 4.90. The summed E-state index contributed by atoms with van der Waals surface area (Å²) in [5, 5.41) is 3.09. The van der Waals surface area contributed by atoms with Crippen molar-refractivity contribution >= 4 is 23.5 Å². The van der Waals surface area contributed by atoms with Gasteiger partial charge in [-0.05, 0) is 23.8 Å². The third-order valence-electron chi connectivity index (χ3n) is 2.84. The van der Waals surface area contributed by atoms with Gasteiger partial charge in [-0.2, -0.15) is 0 Å². The van der Waals surface area contributed by atoms with E-state index in [2.05, 4.69) is 15.0 Å². The van der Waals surface area contributed by atoms with E-state index in [-0.39, 0.29) is 5.91 Å². The molecule has 0 unspecified atom stereocenters. The molecule has 0 atom stereocenters. The topological polar surface area (TPSA) is 68.3 Å². The number of hydrogen-bond acceptors (Lipinski definition) is 4. The molecule has 1 heterocycles. The summed E-state index contributed by atoms with van der Waals surface area (Å²) < 4.78 is 4.62. The highest BCUT2D eigenvalue weighted by atomic mass is 35.5. The molecule has 0 saturated carbocycles. The number of halogens is 1. The van der Waals surface area contributed by atoms with E-state index in [0.717, 1.165) is 5.56 Å². The fourth-order valence-corrected chi connectivity index (χ4v) is 1.89. The van der Waals surface area contributed by atoms with E-state index in [0.29, 0.717) is 22.7 Å². The molecule has 108 valence electrons. The first-order chi connectivity index (χ1) is 10.1. The number of carbonyl (C=O) groups excluding carboxylic acids is 2. The summed E-state index contributed by atoms with van der Waals surface area (Å²) in [4.78, 5) is 27.1. The maximum absolute atomic E-state index is 12.0. The number of aromatic nitrogens is 1. The van der Waals surface area contributed by atoms with Crippen LogP contribution in [0.15, 0.2) is 42.7 Å². The van der Waals surface area contributed by atoms with Crippen molar-refractivity contribution in [3.63, 3.8) is 0 Å². The molecule has 0 fully saturated rings. The van der Waals surface area contributed by atoms with Crippen molar-refractivity contribution in [3.8, 4) is 0 Å². The summed E-state index contributed by atoms with van der Waals surface area (Å²) >= 11 is 5.92. The van der Waals surface area contributed by atoms with Crippen LogP contribution in [0.5, 0.6) is 0 Å². The van der Waals surface area contributed by atoms with E-state index in [1.54, 1.807) is 30.3 Å². The minimum Gasteiger partial charge on any atom is -0.465 e. The van der Waals surface area contributed by atoms with Crippen LogP contribution in [-0.4, -0.2) is 24.0 Å². The Morgan fingerprint density at radius 3 is 2.57 bits per heavy atom. The molecule has 5 nitrogen and oxygen atoms in total. The summed E-state index contributed by atoms with van der Waals surface area (Å²) in [6, 6.07) is 8.34. The smallest absolute Gasteiger partial charge is 0.337 e. The lowest BCUT2D eigenvalue weighted by molar-refractivity contribution is 0.0600. The van der Waals surface area contributed by atoms with E-state index in [9.17, 15) is 9.59 Å². The molecule has 0 spiro atoms. The number of hydrogen-bond donors (Lipinski definition) is 1. The Morgan fingerprint density at radius 2 is 1.95 bits per heavy atom. The first kappa shape index (κ1) is 15.0. The molecule has 0 aliphatic heterocycles. The van der Waals surface area contributed by atoms with E-state index >= 15 is 0 Å². The molecular weight excluding hydrogens is 292 g/mol. The Bertz CT molecular complexity index is 656. The van der Waals surface area contributed by atoms with E-state index in [4.69, 9.17) is 11.6 Å². The molecule has 0 bridgehead atoms. The summed E-state index contributed by atoms with van der Waals surface area (Å²) in [6.45, 7) is 0.325. The summed E-state index contributed by atoms with van der Waals surface area (Å²) in [5.74, 6) is -0.696. The lowest BCUT2D eigenvalue weighted by atomic mass is 10.1. The van der Waals surface area contributed by atoms with Crippen LogP contribution in [0, 0.1) is 0 Å². The highest BCUT2D eigenvalue weighted by molar-refractivity contribution is 6.33. The molecule has 1 aromatic heterocycles. The number of rotatable bonds is 4. The van der Waals surface area contributed by atoms with Gasteiger partial charge in [0.1, 0.15) is 0 Å². The molecular formula is C15H13ClN2O3. The largest absolute Gasteiger partial charge is 0.465 e.